The lowest BCUT2D eigenvalue weighted by Gasteiger charge is -2.05. The van der Waals surface area contributed by atoms with Crippen LogP contribution in [0.1, 0.15) is 16.0 Å². The van der Waals surface area contributed by atoms with E-state index in [1.54, 1.807) is 11.3 Å². The first-order valence-corrected chi connectivity index (χ1v) is 7.96. The Labute approximate surface area is 134 Å². The topological polar surface area (TPSA) is 23.8 Å². The molecule has 0 radical (unpaired) electrons. The Morgan fingerprint density at radius 2 is 1.64 bits per heavy atom. The summed E-state index contributed by atoms with van der Waals surface area (Å²) in [5, 5.41) is 11.0. The van der Waals surface area contributed by atoms with Crippen LogP contribution < -0.4 is 0 Å². The summed E-state index contributed by atoms with van der Waals surface area (Å²) in [5.41, 5.74) is 5.40. The van der Waals surface area contributed by atoms with E-state index in [0.29, 0.717) is 5.57 Å². The van der Waals surface area contributed by atoms with Gasteiger partial charge < -0.3 is 0 Å². The van der Waals surface area contributed by atoms with E-state index in [1.807, 2.05) is 23.6 Å². The summed E-state index contributed by atoms with van der Waals surface area (Å²) in [4.78, 5) is 0.995. The van der Waals surface area contributed by atoms with E-state index in [1.165, 1.54) is 22.3 Å². The van der Waals surface area contributed by atoms with Gasteiger partial charge >= 0.3 is 0 Å². The number of nitrogens with zero attached hydrogens (tertiary/aromatic N) is 1. The molecule has 0 fully saturated rings. The molecule has 0 bridgehead atoms. The Kier molecular flexibility index (Phi) is 4.18. The second-order valence-electron chi connectivity index (χ2n) is 5.11. The van der Waals surface area contributed by atoms with Gasteiger partial charge in [-0.3, -0.25) is 0 Å². The van der Waals surface area contributed by atoms with Gasteiger partial charge in [0.15, 0.2) is 0 Å². The Morgan fingerprint density at radius 1 is 0.955 bits per heavy atom. The minimum Gasteiger partial charge on any atom is -0.192 e. The average Bonchev–Trinajstić information content (AvgIpc) is 3.04. The summed E-state index contributed by atoms with van der Waals surface area (Å²) in [5.74, 6) is 0. The third-order valence-corrected chi connectivity index (χ3v) is 4.63. The minimum atomic E-state index is 0.547. The van der Waals surface area contributed by atoms with Gasteiger partial charge in [-0.2, -0.15) is 5.26 Å². The van der Waals surface area contributed by atoms with Gasteiger partial charge in [0.05, 0.1) is 11.6 Å². The summed E-state index contributed by atoms with van der Waals surface area (Å²) in [7, 11) is 0. The summed E-state index contributed by atoms with van der Waals surface area (Å²) in [6.45, 7) is 3.82. The van der Waals surface area contributed by atoms with Crippen molar-refractivity contribution in [2.45, 2.75) is 6.42 Å². The molecule has 0 aliphatic heterocycles. The molecule has 3 aromatic rings. The highest BCUT2D eigenvalue weighted by Crippen LogP contribution is 2.27. The average molecular weight is 301 g/mol. The number of hydrogen-bond acceptors (Lipinski definition) is 2. The van der Waals surface area contributed by atoms with E-state index in [9.17, 15) is 0 Å². The molecule has 0 saturated carbocycles. The van der Waals surface area contributed by atoms with E-state index in [0.717, 1.165) is 11.3 Å². The number of nitriles is 1. The smallest absolute Gasteiger partial charge is 0.1000 e. The van der Waals surface area contributed by atoms with Gasteiger partial charge in [0, 0.05) is 4.88 Å². The Balaban J connectivity index is 1.82. The molecule has 1 aromatic heterocycles. The fourth-order valence-corrected chi connectivity index (χ4v) is 3.30. The molecular formula is C20H15NS. The van der Waals surface area contributed by atoms with Crippen LogP contribution >= 0.6 is 11.3 Å². The molecule has 0 spiro atoms. The number of rotatable bonds is 4. The third kappa shape index (κ3) is 3.00. The van der Waals surface area contributed by atoms with E-state index < -0.39 is 0 Å². The van der Waals surface area contributed by atoms with Crippen molar-refractivity contribution in [3.63, 3.8) is 0 Å². The first kappa shape index (κ1) is 14.3. The minimum absolute atomic E-state index is 0.547. The molecule has 0 aliphatic carbocycles. The highest BCUT2D eigenvalue weighted by molar-refractivity contribution is 7.11. The Morgan fingerprint density at radius 3 is 2.32 bits per heavy atom. The predicted molar refractivity (Wildman–Crippen MR) is 93.7 cm³/mol. The Hall–Kier alpha value is -2.63. The molecule has 0 aliphatic rings. The second kappa shape index (κ2) is 6.43. The van der Waals surface area contributed by atoms with Crippen molar-refractivity contribution >= 4 is 16.9 Å². The molecule has 0 saturated heterocycles. The lowest BCUT2D eigenvalue weighted by molar-refractivity contribution is 1.20. The third-order valence-electron chi connectivity index (χ3n) is 3.61. The summed E-state index contributed by atoms with van der Waals surface area (Å²) < 4.78 is 0. The molecule has 3 rings (SSSR count). The second-order valence-corrected chi connectivity index (χ2v) is 6.02. The van der Waals surface area contributed by atoms with Crippen molar-refractivity contribution in [1.29, 1.82) is 5.26 Å². The molecule has 0 unspecified atom stereocenters. The van der Waals surface area contributed by atoms with Gasteiger partial charge in [0.1, 0.15) is 0 Å². The number of hydrogen-bond donors (Lipinski definition) is 0. The molecule has 106 valence electrons. The highest BCUT2D eigenvalue weighted by atomic mass is 32.1. The normalized spacial score (nSPS) is 10.1. The van der Waals surface area contributed by atoms with Crippen LogP contribution in [0.4, 0.5) is 0 Å². The van der Waals surface area contributed by atoms with Crippen LogP contribution in [0.25, 0.3) is 16.7 Å². The fraction of sp³-hybridized carbons (Fsp3) is 0.0500. The van der Waals surface area contributed by atoms with E-state index in [4.69, 9.17) is 5.26 Å². The molecule has 1 nitrogen and oxygen atoms in total. The summed E-state index contributed by atoms with van der Waals surface area (Å²) in [6, 6.07) is 23.2. The lowest BCUT2D eigenvalue weighted by atomic mass is 10.00. The number of allylic oxidation sites excluding steroid dienone is 1. The lowest BCUT2D eigenvalue weighted by Crippen LogP contribution is -1.90. The van der Waals surface area contributed by atoms with Crippen molar-refractivity contribution in [3.8, 4) is 17.2 Å². The molecule has 0 atom stereocenters. The number of benzene rings is 2. The van der Waals surface area contributed by atoms with Crippen LogP contribution in [-0.4, -0.2) is 0 Å². The van der Waals surface area contributed by atoms with E-state index in [2.05, 4.69) is 55.1 Å². The van der Waals surface area contributed by atoms with Crippen LogP contribution in [0.3, 0.4) is 0 Å². The molecule has 22 heavy (non-hydrogen) atoms. The van der Waals surface area contributed by atoms with Gasteiger partial charge in [-0.1, -0.05) is 61.2 Å². The van der Waals surface area contributed by atoms with Crippen LogP contribution in [-0.2, 0) is 6.42 Å². The number of thiophene rings is 1. The summed E-state index contributed by atoms with van der Waals surface area (Å²) >= 11 is 1.58. The van der Waals surface area contributed by atoms with Crippen LogP contribution in [0.15, 0.2) is 72.6 Å². The zero-order chi connectivity index (χ0) is 15.4. The maximum absolute atomic E-state index is 9.02. The maximum atomic E-state index is 9.02. The molecule has 1 heterocycles. The standard InChI is InChI=1S/C20H15NS/c1-15(14-21)20-19(11-12-22-20)13-16-7-9-18(10-8-16)17-5-3-2-4-6-17/h2-12H,1,13H2. The summed E-state index contributed by atoms with van der Waals surface area (Å²) in [6.07, 6.45) is 0.828. The maximum Gasteiger partial charge on any atom is 0.1000 e. The molecule has 0 amide bonds. The first-order chi connectivity index (χ1) is 10.8. The molecular weight excluding hydrogens is 286 g/mol. The van der Waals surface area contributed by atoms with Crippen LogP contribution in [0.5, 0.6) is 0 Å². The monoisotopic (exact) mass is 301 g/mol. The predicted octanol–water partition coefficient (Wildman–Crippen LogP) is 5.54. The zero-order valence-electron chi connectivity index (χ0n) is 12.1. The first-order valence-electron chi connectivity index (χ1n) is 7.08. The van der Waals surface area contributed by atoms with Crippen molar-refractivity contribution in [1.82, 2.24) is 0 Å². The van der Waals surface area contributed by atoms with Gasteiger partial charge in [-0.25, -0.2) is 0 Å². The molecule has 2 heteroatoms. The van der Waals surface area contributed by atoms with Gasteiger partial charge in [-0.15, -0.1) is 11.3 Å². The van der Waals surface area contributed by atoms with Crippen molar-refractivity contribution in [3.05, 3.63) is 88.6 Å². The molecule has 0 N–H and O–H groups in total. The van der Waals surface area contributed by atoms with E-state index in [-0.39, 0.29) is 0 Å². The van der Waals surface area contributed by atoms with Crippen molar-refractivity contribution in [2.75, 3.05) is 0 Å². The van der Waals surface area contributed by atoms with Gasteiger partial charge in [-0.05, 0) is 40.1 Å². The highest BCUT2D eigenvalue weighted by Gasteiger charge is 2.08. The largest absolute Gasteiger partial charge is 0.192 e. The van der Waals surface area contributed by atoms with E-state index >= 15 is 0 Å². The fourth-order valence-electron chi connectivity index (χ4n) is 2.46. The quantitative estimate of drug-likeness (QED) is 0.580. The molecule has 2 aromatic carbocycles. The van der Waals surface area contributed by atoms with Crippen molar-refractivity contribution in [2.24, 2.45) is 0 Å². The SMILES string of the molecule is C=C(C#N)c1sccc1Cc1ccc(-c2ccccc2)cc1. The van der Waals surface area contributed by atoms with Gasteiger partial charge in [0.25, 0.3) is 0 Å². The van der Waals surface area contributed by atoms with Crippen molar-refractivity contribution < 1.29 is 0 Å². The Bertz CT molecular complexity index is 820. The zero-order valence-corrected chi connectivity index (χ0v) is 12.9. The van der Waals surface area contributed by atoms with Gasteiger partial charge in [0.2, 0.25) is 0 Å². The van der Waals surface area contributed by atoms with Crippen LogP contribution in [0, 0.1) is 11.3 Å². The van der Waals surface area contributed by atoms with Crippen LogP contribution in [0.2, 0.25) is 0 Å².